The number of guanidine groups is 1. The molecule has 7 heteroatoms. The second-order valence-electron chi connectivity index (χ2n) is 4.78. The zero-order chi connectivity index (χ0) is 15.1. The van der Waals surface area contributed by atoms with Gasteiger partial charge in [0.25, 0.3) is 0 Å². The van der Waals surface area contributed by atoms with E-state index in [1.54, 1.807) is 6.07 Å². The molecule has 6 nitrogen and oxygen atoms in total. The number of carbonyl (C=O) groups is 1. The summed E-state index contributed by atoms with van der Waals surface area (Å²) in [5.74, 6) is -0.573. The van der Waals surface area contributed by atoms with Gasteiger partial charge in [-0.15, -0.1) is 0 Å². The quantitative estimate of drug-likeness (QED) is 0.555. The van der Waals surface area contributed by atoms with Crippen LogP contribution in [-0.2, 0) is 9.53 Å². The number of carbonyl (C=O) groups excluding carboxylic acids is 1. The van der Waals surface area contributed by atoms with Crippen molar-refractivity contribution in [2.45, 2.75) is 18.9 Å². The average Bonchev–Trinajstić information content (AvgIpc) is 2.96. The molecule has 1 fully saturated rings. The molecule has 114 valence electrons. The second-order valence-corrected chi connectivity index (χ2v) is 4.78. The predicted molar refractivity (Wildman–Crippen MR) is 78.5 cm³/mol. The van der Waals surface area contributed by atoms with Crippen LogP contribution in [-0.4, -0.2) is 37.7 Å². The highest BCUT2D eigenvalue weighted by molar-refractivity contribution is 5.93. The number of nitrogens with one attached hydrogen (secondary N) is 2. The predicted octanol–water partition coefficient (Wildman–Crippen LogP) is 0.847. The lowest BCUT2D eigenvalue weighted by Gasteiger charge is -2.11. The van der Waals surface area contributed by atoms with Crippen LogP contribution in [0.25, 0.3) is 0 Å². The van der Waals surface area contributed by atoms with Gasteiger partial charge in [-0.3, -0.25) is 4.79 Å². The van der Waals surface area contributed by atoms with Gasteiger partial charge in [0, 0.05) is 18.8 Å². The van der Waals surface area contributed by atoms with E-state index in [-0.39, 0.29) is 24.5 Å². The number of anilines is 1. The molecule has 1 aliphatic heterocycles. The number of hydrogen-bond donors (Lipinski definition) is 3. The maximum atomic E-state index is 13.0. The third kappa shape index (κ3) is 5.39. The van der Waals surface area contributed by atoms with Crippen molar-refractivity contribution in [3.63, 3.8) is 0 Å². The Balaban J connectivity index is 1.72. The van der Waals surface area contributed by atoms with Gasteiger partial charge in [-0.2, -0.15) is 0 Å². The Labute approximate surface area is 122 Å². The van der Waals surface area contributed by atoms with Gasteiger partial charge < -0.3 is 21.1 Å². The van der Waals surface area contributed by atoms with E-state index in [0.717, 1.165) is 19.4 Å². The van der Waals surface area contributed by atoms with Gasteiger partial charge in [-0.05, 0) is 31.0 Å². The fraction of sp³-hybridized carbons (Fsp3) is 0.429. The Bertz CT molecular complexity index is 515. The number of halogens is 1. The molecule has 2 rings (SSSR count). The highest BCUT2D eigenvalue weighted by Gasteiger charge is 2.14. The summed E-state index contributed by atoms with van der Waals surface area (Å²) in [6.07, 6.45) is 2.21. The molecule has 4 N–H and O–H groups in total. The monoisotopic (exact) mass is 294 g/mol. The maximum absolute atomic E-state index is 13.0. The summed E-state index contributed by atoms with van der Waals surface area (Å²) in [6, 6.07) is 5.66. The second kappa shape index (κ2) is 7.58. The summed E-state index contributed by atoms with van der Waals surface area (Å²) < 4.78 is 18.4. The normalized spacial score (nSPS) is 18.5. The van der Waals surface area contributed by atoms with Crippen LogP contribution in [0.5, 0.6) is 0 Å². The van der Waals surface area contributed by atoms with Crippen LogP contribution in [0.2, 0.25) is 0 Å². The SMILES string of the molecule is NC(=NCC(=O)Nc1cccc(F)c1)NCC1CCCO1. The van der Waals surface area contributed by atoms with E-state index in [1.807, 2.05) is 0 Å². The third-order valence-corrected chi connectivity index (χ3v) is 3.04. The van der Waals surface area contributed by atoms with Crippen LogP contribution in [0, 0.1) is 5.82 Å². The number of aliphatic imine (C=N–C) groups is 1. The molecule has 0 spiro atoms. The van der Waals surface area contributed by atoms with Gasteiger partial charge in [-0.1, -0.05) is 6.07 Å². The smallest absolute Gasteiger partial charge is 0.246 e. The summed E-state index contributed by atoms with van der Waals surface area (Å²) in [5.41, 5.74) is 6.05. The Hall–Kier alpha value is -2.15. The summed E-state index contributed by atoms with van der Waals surface area (Å²) in [4.78, 5) is 15.6. The van der Waals surface area contributed by atoms with E-state index in [2.05, 4.69) is 15.6 Å². The highest BCUT2D eigenvalue weighted by Crippen LogP contribution is 2.10. The lowest BCUT2D eigenvalue weighted by atomic mass is 10.2. The zero-order valence-electron chi connectivity index (χ0n) is 11.6. The number of rotatable bonds is 5. The van der Waals surface area contributed by atoms with Crippen LogP contribution < -0.4 is 16.4 Å². The van der Waals surface area contributed by atoms with Gasteiger partial charge in [-0.25, -0.2) is 9.38 Å². The maximum Gasteiger partial charge on any atom is 0.246 e. The molecule has 0 saturated carbocycles. The number of nitrogens with zero attached hydrogens (tertiary/aromatic N) is 1. The fourth-order valence-corrected chi connectivity index (χ4v) is 2.00. The third-order valence-electron chi connectivity index (χ3n) is 3.04. The molecule has 1 aromatic carbocycles. The Morgan fingerprint density at radius 2 is 2.38 bits per heavy atom. The van der Waals surface area contributed by atoms with Crippen molar-refractivity contribution in [3.8, 4) is 0 Å². The Morgan fingerprint density at radius 3 is 3.10 bits per heavy atom. The van der Waals surface area contributed by atoms with Gasteiger partial charge in [0.05, 0.1) is 6.10 Å². The molecular weight excluding hydrogens is 275 g/mol. The first-order valence-electron chi connectivity index (χ1n) is 6.84. The molecule has 1 saturated heterocycles. The van der Waals surface area contributed by atoms with Crippen molar-refractivity contribution >= 4 is 17.6 Å². The number of hydrogen-bond acceptors (Lipinski definition) is 3. The molecule has 21 heavy (non-hydrogen) atoms. The molecule has 1 unspecified atom stereocenters. The topological polar surface area (TPSA) is 88.7 Å². The van der Waals surface area contributed by atoms with E-state index in [1.165, 1.54) is 18.2 Å². The number of benzene rings is 1. The van der Waals surface area contributed by atoms with Crippen molar-refractivity contribution in [3.05, 3.63) is 30.1 Å². The minimum Gasteiger partial charge on any atom is -0.376 e. The lowest BCUT2D eigenvalue weighted by Crippen LogP contribution is -2.37. The molecule has 0 radical (unpaired) electrons. The van der Waals surface area contributed by atoms with Crippen molar-refractivity contribution in [2.24, 2.45) is 10.7 Å². The summed E-state index contributed by atoms with van der Waals surface area (Å²) >= 11 is 0. The number of ether oxygens (including phenoxy) is 1. The van der Waals surface area contributed by atoms with Crippen LogP contribution in [0.3, 0.4) is 0 Å². The van der Waals surface area contributed by atoms with Crippen molar-refractivity contribution in [1.82, 2.24) is 5.32 Å². The van der Waals surface area contributed by atoms with Gasteiger partial charge in [0.1, 0.15) is 12.4 Å². The van der Waals surface area contributed by atoms with E-state index >= 15 is 0 Å². The van der Waals surface area contributed by atoms with E-state index in [0.29, 0.717) is 12.2 Å². The molecule has 1 aromatic rings. The molecule has 1 atom stereocenters. The highest BCUT2D eigenvalue weighted by atomic mass is 19.1. The van der Waals surface area contributed by atoms with Gasteiger partial charge >= 0.3 is 0 Å². The number of nitrogens with two attached hydrogens (primary N) is 1. The van der Waals surface area contributed by atoms with Crippen LogP contribution in [0.4, 0.5) is 10.1 Å². The molecule has 1 amide bonds. The average molecular weight is 294 g/mol. The van der Waals surface area contributed by atoms with Crippen LogP contribution in [0.15, 0.2) is 29.3 Å². The van der Waals surface area contributed by atoms with E-state index in [4.69, 9.17) is 10.5 Å². The Kier molecular flexibility index (Phi) is 5.51. The fourth-order valence-electron chi connectivity index (χ4n) is 2.00. The van der Waals surface area contributed by atoms with Crippen molar-refractivity contribution < 1.29 is 13.9 Å². The first kappa shape index (κ1) is 15.2. The van der Waals surface area contributed by atoms with Crippen molar-refractivity contribution in [1.29, 1.82) is 0 Å². The summed E-state index contributed by atoms with van der Waals surface area (Å²) in [7, 11) is 0. The minimum atomic E-state index is -0.408. The number of amides is 1. The van der Waals surface area contributed by atoms with Crippen LogP contribution >= 0.6 is 0 Å². The first-order chi connectivity index (χ1) is 10.1. The zero-order valence-corrected chi connectivity index (χ0v) is 11.6. The largest absolute Gasteiger partial charge is 0.376 e. The standard InChI is InChI=1S/C14H19FN4O2/c15-10-3-1-4-11(7-10)19-13(20)9-18-14(16)17-8-12-5-2-6-21-12/h1,3-4,7,12H,2,5-6,8-9H2,(H,19,20)(H3,16,17,18). The lowest BCUT2D eigenvalue weighted by molar-refractivity contribution is -0.114. The minimum absolute atomic E-state index is 0.124. The molecule has 0 aliphatic carbocycles. The van der Waals surface area contributed by atoms with E-state index in [9.17, 15) is 9.18 Å². The molecule has 1 aliphatic rings. The van der Waals surface area contributed by atoms with Gasteiger partial charge in [0.2, 0.25) is 5.91 Å². The van der Waals surface area contributed by atoms with E-state index < -0.39 is 5.82 Å². The van der Waals surface area contributed by atoms with Crippen LogP contribution in [0.1, 0.15) is 12.8 Å². The van der Waals surface area contributed by atoms with Crippen molar-refractivity contribution in [2.75, 3.05) is 25.0 Å². The molecule has 0 aromatic heterocycles. The summed E-state index contributed by atoms with van der Waals surface area (Å²) in [5, 5.41) is 5.46. The molecule has 0 bridgehead atoms. The summed E-state index contributed by atoms with van der Waals surface area (Å²) in [6.45, 7) is 1.24. The molecule has 1 heterocycles. The molecular formula is C14H19FN4O2. The van der Waals surface area contributed by atoms with Gasteiger partial charge in [0.15, 0.2) is 5.96 Å². The Morgan fingerprint density at radius 1 is 1.52 bits per heavy atom. The first-order valence-corrected chi connectivity index (χ1v) is 6.84.